The number of likely N-dealkylation sites (N-methyl/N-ethyl adjacent to an activating group) is 1. The van der Waals surface area contributed by atoms with Gasteiger partial charge >= 0.3 is 0 Å². The molecule has 102 valence electrons. The van der Waals surface area contributed by atoms with Crippen LogP contribution in [0.5, 0.6) is 0 Å². The fourth-order valence-electron chi connectivity index (χ4n) is 3.13. The van der Waals surface area contributed by atoms with E-state index in [1.165, 1.54) is 0 Å². The molecule has 1 saturated heterocycles. The molecule has 1 aliphatic carbocycles. The largest absolute Gasteiger partial charge is 0.357 e. The van der Waals surface area contributed by atoms with E-state index in [1.54, 1.807) is 11.9 Å². The van der Waals surface area contributed by atoms with Crippen molar-refractivity contribution in [2.45, 2.75) is 56.5 Å². The Balaban J connectivity index is 2.09. The molecule has 0 aromatic heterocycles. The third-order valence-electron chi connectivity index (χ3n) is 4.23. The highest BCUT2D eigenvalue weighted by Crippen LogP contribution is 2.30. The average Bonchev–Trinajstić information content (AvgIpc) is 2.86. The van der Waals surface area contributed by atoms with Crippen molar-refractivity contribution in [1.29, 1.82) is 0 Å². The third-order valence-corrected chi connectivity index (χ3v) is 4.23. The van der Waals surface area contributed by atoms with Crippen LogP contribution in [0.4, 0.5) is 0 Å². The Kier molecular flexibility index (Phi) is 3.90. The summed E-state index contributed by atoms with van der Waals surface area (Å²) in [5.41, 5.74) is 5.54. The molecule has 1 heterocycles. The zero-order chi connectivity index (χ0) is 13.2. The van der Waals surface area contributed by atoms with Gasteiger partial charge in [0.1, 0.15) is 6.04 Å². The number of nitrogens with one attached hydrogen (secondary N) is 1. The molecular weight excluding hydrogens is 230 g/mol. The minimum absolute atomic E-state index is 0.0201. The summed E-state index contributed by atoms with van der Waals surface area (Å²) in [4.78, 5) is 26.0. The molecule has 1 unspecified atom stereocenters. The van der Waals surface area contributed by atoms with Crippen LogP contribution in [0.15, 0.2) is 0 Å². The quantitative estimate of drug-likeness (QED) is 0.747. The van der Waals surface area contributed by atoms with E-state index < -0.39 is 5.54 Å². The van der Waals surface area contributed by atoms with Crippen molar-refractivity contribution >= 4 is 11.8 Å². The molecule has 2 rings (SSSR count). The highest BCUT2D eigenvalue weighted by molar-refractivity contribution is 5.92. The Hall–Kier alpha value is -1.10. The molecule has 1 aliphatic heterocycles. The van der Waals surface area contributed by atoms with Crippen LogP contribution in [0.2, 0.25) is 0 Å². The molecule has 5 nitrogen and oxygen atoms in total. The minimum Gasteiger partial charge on any atom is -0.357 e. The van der Waals surface area contributed by atoms with E-state index >= 15 is 0 Å². The maximum atomic E-state index is 12.6. The van der Waals surface area contributed by atoms with Gasteiger partial charge in [-0.2, -0.15) is 0 Å². The monoisotopic (exact) mass is 253 g/mol. The number of likely N-dealkylation sites (tertiary alicyclic amines) is 1. The van der Waals surface area contributed by atoms with E-state index in [0.29, 0.717) is 6.54 Å². The zero-order valence-corrected chi connectivity index (χ0v) is 11.1. The molecular formula is C13H23N3O2. The van der Waals surface area contributed by atoms with Gasteiger partial charge in [-0.05, 0) is 25.7 Å². The predicted molar refractivity (Wildman–Crippen MR) is 68.8 cm³/mol. The van der Waals surface area contributed by atoms with E-state index in [2.05, 4.69) is 5.32 Å². The summed E-state index contributed by atoms with van der Waals surface area (Å²) in [7, 11) is 1.61. The van der Waals surface area contributed by atoms with Gasteiger partial charge in [0.25, 0.3) is 0 Å². The molecule has 0 spiro atoms. The highest BCUT2D eigenvalue weighted by Gasteiger charge is 2.43. The van der Waals surface area contributed by atoms with Crippen molar-refractivity contribution in [2.75, 3.05) is 13.6 Å². The van der Waals surface area contributed by atoms with E-state index in [4.69, 9.17) is 5.73 Å². The lowest BCUT2D eigenvalue weighted by molar-refractivity contribution is -0.143. The minimum atomic E-state index is -0.727. The van der Waals surface area contributed by atoms with Gasteiger partial charge in [-0.25, -0.2) is 0 Å². The van der Waals surface area contributed by atoms with E-state index in [1.807, 2.05) is 0 Å². The van der Waals surface area contributed by atoms with Gasteiger partial charge < -0.3 is 16.0 Å². The summed E-state index contributed by atoms with van der Waals surface area (Å²) < 4.78 is 0. The Labute approximate surface area is 108 Å². The number of carbonyl (C=O) groups excluding carboxylic acids is 2. The number of hydrogen-bond acceptors (Lipinski definition) is 3. The first-order valence-electron chi connectivity index (χ1n) is 6.90. The standard InChI is InChI=1S/C13H23N3O2/c1-15-11(17)10-6-5-9-16(10)12(18)13(14)7-3-2-4-8-13/h10H,2-9,14H2,1H3,(H,15,17). The molecule has 0 bridgehead atoms. The van der Waals surface area contributed by atoms with Crippen molar-refractivity contribution in [3.63, 3.8) is 0 Å². The lowest BCUT2D eigenvalue weighted by Gasteiger charge is -2.37. The second-order valence-electron chi connectivity index (χ2n) is 5.49. The predicted octanol–water partition coefficient (Wildman–Crippen LogP) is 0.385. The number of hydrogen-bond donors (Lipinski definition) is 2. The maximum Gasteiger partial charge on any atom is 0.243 e. The second-order valence-corrected chi connectivity index (χ2v) is 5.49. The molecule has 2 amide bonds. The number of carbonyl (C=O) groups is 2. The average molecular weight is 253 g/mol. The van der Waals surface area contributed by atoms with Crippen LogP contribution in [-0.4, -0.2) is 41.9 Å². The Bertz CT molecular complexity index is 337. The third kappa shape index (κ3) is 2.36. The zero-order valence-electron chi connectivity index (χ0n) is 11.1. The lowest BCUT2D eigenvalue weighted by Crippen LogP contribution is -2.59. The van der Waals surface area contributed by atoms with Crippen molar-refractivity contribution in [2.24, 2.45) is 5.73 Å². The summed E-state index contributed by atoms with van der Waals surface area (Å²) in [6, 6.07) is -0.315. The Morgan fingerprint density at radius 1 is 1.22 bits per heavy atom. The molecule has 2 aliphatic rings. The summed E-state index contributed by atoms with van der Waals surface area (Å²) >= 11 is 0. The summed E-state index contributed by atoms with van der Waals surface area (Å²) in [5.74, 6) is -0.0893. The van der Waals surface area contributed by atoms with Crippen LogP contribution >= 0.6 is 0 Å². The van der Waals surface area contributed by atoms with Gasteiger partial charge in [0, 0.05) is 13.6 Å². The molecule has 5 heteroatoms. The molecule has 18 heavy (non-hydrogen) atoms. The smallest absolute Gasteiger partial charge is 0.243 e. The van der Waals surface area contributed by atoms with Crippen LogP contribution < -0.4 is 11.1 Å². The van der Waals surface area contributed by atoms with Gasteiger partial charge in [-0.1, -0.05) is 19.3 Å². The van der Waals surface area contributed by atoms with Gasteiger partial charge in [0.05, 0.1) is 5.54 Å². The molecule has 0 aromatic rings. The molecule has 0 aromatic carbocycles. The maximum absolute atomic E-state index is 12.6. The normalized spacial score (nSPS) is 27.0. The van der Waals surface area contributed by atoms with Crippen LogP contribution in [-0.2, 0) is 9.59 Å². The summed E-state index contributed by atoms with van der Waals surface area (Å²) in [6.07, 6.45) is 6.33. The number of rotatable bonds is 2. The Morgan fingerprint density at radius 3 is 2.50 bits per heavy atom. The van der Waals surface area contributed by atoms with Gasteiger partial charge in [0.15, 0.2) is 0 Å². The van der Waals surface area contributed by atoms with E-state index in [0.717, 1.165) is 44.9 Å². The lowest BCUT2D eigenvalue weighted by atomic mass is 9.81. The van der Waals surface area contributed by atoms with Gasteiger partial charge in [-0.15, -0.1) is 0 Å². The summed E-state index contributed by atoms with van der Waals surface area (Å²) in [6.45, 7) is 0.663. The highest BCUT2D eigenvalue weighted by atomic mass is 16.2. The van der Waals surface area contributed by atoms with Crippen LogP contribution in [0.1, 0.15) is 44.9 Å². The second kappa shape index (κ2) is 5.26. The first-order chi connectivity index (χ1) is 8.58. The summed E-state index contributed by atoms with van der Waals surface area (Å²) in [5, 5.41) is 2.63. The molecule has 3 N–H and O–H groups in total. The van der Waals surface area contributed by atoms with Gasteiger partial charge in [0.2, 0.25) is 11.8 Å². The molecule has 1 saturated carbocycles. The Morgan fingerprint density at radius 2 is 1.89 bits per heavy atom. The number of amides is 2. The van der Waals surface area contributed by atoms with Crippen molar-refractivity contribution in [3.8, 4) is 0 Å². The van der Waals surface area contributed by atoms with E-state index in [-0.39, 0.29) is 17.9 Å². The van der Waals surface area contributed by atoms with Crippen molar-refractivity contribution in [3.05, 3.63) is 0 Å². The number of nitrogens with two attached hydrogens (primary N) is 1. The van der Waals surface area contributed by atoms with Crippen LogP contribution in [0.3, 0.4) is 0 Å². The van der Waals surface area contributed by atoms with Crippen molar-refractivity contribution in [1.82, 2.24) is 10.2 Å². The van der Waals surface area contributed by atoms with Crippen LogP contribution in [0, 0.1) is 0 Å². The molecule has 1 atom stereocenters. The fourth-order valence-corrected chi connectivity index (χ4v) is 3.13. The molecule has 2 fully saturated rings. The van der Waals surface area contributed by atoms with E-state index in [9.17, 15) is 9.59 Å². The van der Waals surface area contributed by atoms with Crippen LogP contribution in [0.25, 0.3) is 0 Å². The first-order valence-corrected chi connectivity index (χ1v) is 6.90. The van der Waals surface area contributed by atoms with Crippen molar-refractivity contribution < 1.29 is 9.59 Å². The SMILES string of the molecule is CNC(=O)C1CCCN1C(=O)C1(N)CCCCC1. The molecule has 0 radical (unpaired) electrons. The first kappa shape index (κ1) is 13.3. The number of nitrogens with zero attached hydrogens (tertiary/aromatic N) is 1. The van der Waals surface area contributed by atoms with Gasteiger partial charge in [-0.3, -0.25) is 9.59 Å². The topological polar surface area (TPSA) is 75.4 Å². The fraction of sp³-hybridized carbons (Fsp3) is 0.846.